The van der Waals surface area contributed by atoms with Gasteiger partial charge in [-0.1, -0.05) is 29.8 Å². The van der Waals surface area contributed by atoms with E-state index < -0.39 is 0 Å². The van der Waals surface area contributed by atoms with Crippen molar-refractivity contribution in [2.45, 2.75) is 6.92 Å². The Balaban J connectivity index is 1.85. The third kappa shape index (κ3) is 4.05. The molecule has 0 atom stereocenters. The molecule has 2 aromatic carbocycles. The van der Waals surface area contributed by atoms with Gasteiger partial charge in [-0.2, -0.15) is 5.26 Å². The van der Waals surface area contributed by atoms with Crippen LogP contribution in [0.4, 0.5) is 10.1 Å². The van der Waals surface area contributed by atoms with Gasteiger partial charge in [-0.25, -0.2) is 9.37 Å². The smallest absolute Gasteiger partial charge is 0.136 e. The summed E-state index contributed by atoms with van der Waals surface area (Å²) in [4.78, 5) is 4.50. The Kier molecular flexibility index (Phi) is 5.13. The number of aromatic nitrogens is 1. The highest BCUT2D eigenvalue weighted by Gasteiger charge is 2.09. The fourth-order valence-electron chi connectivity index (χ4n) is 2.19. The van der Waals surface area contributed by atoms with Crippen molar-refractivity contribution >= 4 is 34.2 Å². The molecule has 0 spiro atoms. The van der Waals surface area contributed by atoms with Crippen molar-refractivity contribution < 1.29 is 4.39 Å². The number of anilines is 1. The van der Waals surface area contributed by atoms with Crippen LogP contribution in [0.5, 0.6) is 0 Å². The molecule has 0 saturated carbocycles. The van der Waals surface area contributed by atoms with Crippen molar-refractivity contribution in [3.63, 3.8) is 0 Å². The van der Waals surface area contributed by atoms with E-state index in [2.05, 4.69) is 16.4 Å². The van der Waals surface area contributed by atoms with Crippen LogP contribution in [-0.2, 0) is 0 Å². The average molecular weight is 370 g/mol. The number of nitrogens with one attached hydrogen (secondary N) is 1. The standard InChI is InChI=1S/C19H13ClFN3S/c1-12-2-7-16(21)8-17(12)23-10-14(9-22)19-24-18(11-25-19)13-3-5-15(20)6-4-13/h2-8,10-11,23H,1H3. The second-order valence-electron chi connectivity index (χ2n) is 5.32. The highest BCUT2D eigenvalue weighted by Crippen LogP contribution is 2.27. The van der Waals surface area contributed by atoms with E-state index in [0.717, 1.165) is 16.8 Å². The van der Waals surface area contributed by atoms with Gasteiger partial charge in [0.1, 0.15) is 22.5 Å². The molecule has 0 bridgehead atoms. The molecule has 0 radical (unpaired) electrons. The molecule has 3 aromatic rings. The van der Waals surface area contributed by atoms with E-state index in [1.807, 2.05) is 24.4 Å². The van der Waals surface area contributed by atoms with E-state index in [1.165, 1.54) is 23.5 Å². The van der Waals surface area contributed by atoms with Crippen LogP contribution in [0, 0.1) is 24.1 Å². The number of nitriles is 1. The summed E-state index contributed by atoms with van der Waals surface area (Å²) in [6.07, 6.45) is 1.55. The predicted octanol–water partition coefficient (Wildman–Crippen LogP) is 5.89. The zero-order chi connectivity index (χ0) is 17.8. The maximum Gasteiger partial charge on any atom is 0.136 e. The first-order chi connectivity index (χ1) is 12.1. The largest absolute Gasteiger partial charge is 0.360 e. The first-order valence-corrected chi connectivity index (χ1v) is 8.67. The lowest BCUT2D eigenvalue weighted by Crippen LogP contribution is -1.94. The average Bonchev–Trinajstić information content (AvgIpc) is 3.09. The van der Waals surface area contributed by atoms with E-state index in [9.17, 15) is 9.65 Å². The summed E-state index contributed by atoms with van der Waals surface area (Å²) < 4.78 is 13.4. The molecule has 3 rings (SSSR count). The van der Waals surface area contributed by atoms with Crippen LogP contribution in [-0.4, -0.2) is 4.98 Å². The van der Waals surface area contributed by atoms with Crippen LogP contribution in [0.15, 0.2) is 54.0 Å². The molecule has 0 aliphatic heterocycles. The number of hydrogen-bond acceptors (Lipinski definition) is 4. The summed E-state index contributed by atoms with van der Waals surface area (Å²) in [5.74, 6) is -0.334. The van der Waals surface area contributed by atoms with Gasteiger partial charge >= 0.3 is 0 Å². The normalized spacial score (nSPS) is 11.2. The van der Waals surface area contributed by atoms with Gasteiger partial charge in [0, 0.05) is 27.9 Å². The summed E-state index contributed by atoms with van der Waals surface area (Å²) in [5.41, 5.74) is 3.59. The quantitative estimate of drug-likeness (QED) is 0.583. The second-order valence-corrected chi connectivity index (χ2v) is 6.61. The van der Waals surface area contributed by atoms with Crippen LogP contribution in [0.1, 0.15) is 10.6 Å². The number of hydrogen-bond donors (Lipinski definition) is 1. The molecule has 0 fully saturated rings. The van der Waals surface area contributed by atoms with Gasteiger partial charge in [-0.3, -0.25) is 0 Å². The van der Waals surface area contributed by atoms with Crippen molar-refractivity contribution in [2.75, 3.05) is 5.32 Å². The lowest BCUT2D eigenvalue weighted by molar-refractivity contribution is 0.628. The Morgan fingerprint density at radius 3 is 2.76 bits per heavy atom. The zero-order valence-electron chi connectivity index (χ0n) is 13.3. The molecule has 1 N–H and O–H groups in total. The Hall–Kier alpha value is -2.68. The molecule has 0 aliphatic carbocycles. The maximum atomic E-state index is 13.4. The molecule has 1 heterocycles. The maximum absolute atomic E-state index is 13.4. The third-order valence-electron chi connectivity index (χ3n) is 3.57. The fourth-order valence-corrected chi connectivity index (χ4v) is 3.11. The summed E-state index contributed by atoms with van der Waals surface area (Å²) in [6, 6.07) is 14.0. The van der Waals surface area contributed by atoms with Crippen LogP contribution in [0.25, 0.3) is 16.8 Å². The van der Waals surface area contributed by atoms with Gasteiger partial charge in [0.15, 0.2) is 0 Å². The van der Waals surface area contributed by atoms with Crippen molar-refractivity contribution in [2.24, 2.45) is 0 Å². The third-order valence-corrected chi connectivity index (χ3v) is 4.69. The molecule has 6 heteroatoms. The first-order valence-electron chi connectivity index (χ1n) is 7.41. The van der Waals surface area contributed by atoms with Gasteiger partial charge in [-0.15, -0.1) is 11.3 Å². The zero-order valence-corrected chi connectivity index (χ0v) is 14.8. The molecule has 0 saturated heterocycles. The lowest BCUT2D eigenvalue weighted by atomic mass is 10.2. The summed E-state index contributed by atoms with van der Waals surface area (Å²) in [7, 11) is 0. The molecule has 0 aliphatic rings. The number of benzene rings is 2. The van der Waals surface area contributed by atoms with Crippen LogP contribution in [0.3, 0.4) is 0 Å². The first kappa shape index (κ1) is 17.2. The number of rotatable bonds is 4. The molecule has 25 heavy (non-hydrogen) atoms. The molecule has 0 amide bonds. The number of halogens is 2. The number of allylic oxidation sites excluding steroid dienone is 1. The van der Waals surface area contributed by atoms with Crippen LogP contribution >= 0.6 is 22.9 Å². The minimum Gasteiger partial charge on any atom is -0.360 e. The van der Waals surface area contributed by atoms with E-state index >= 15 is 0 Å². The fraction of sp³-hybridized carbons (Fsp3) is 0.0526. The minimum atomic E-state index is -0.334. The number of thiazole rings is 1. The molecular weight excluding hydrogens is 357 g/mol. The Labute approximate surface area is 154 Å². The van der Waals surface area contributed by atoms with E-state index in [4.69, 9.17) is 11.6 Å². The van der Waals surface area contributed by atoms with Crippen LogP contribution in [0.2, 0.25) is 5.02 Å². The summed E-state index contributed by atoms with van der Waals surface area (Å²) in [5, 5.41) is 15.5. The van der Waals surface area contributed by atoms with Crippen molar-refractivity contribution in [3.05, 3.63) is 75.5 Å². The Bertz CT molecular complexity index is 971. The highest BCUT2D eigenvalue weighted by atomic mass is 35.5. The van der Waals surface area contributed by atoms with Crippen molar-refractivity contribution in [1.82, 2.24) is 4.98 Å². The highest BCUT2D eigenvalue weighted by molar-refractivity contribution is 7.11. The predicted molar refractivity (Wildman–Crippen MR) is 101 cm³/mol. The summed E-state index contributed by atoms with van der Waals surface area (Å²) in [6.45, 7) is 1.86. The van der Waals surface area contributed by atoms with E-state index in [-0.39, 0.29) is 5.82 Å². The Morgan fingerprint density at radius 1 is 1.28 bits per heavy atom. The molecule has 3 nitrogen and oxygen atoms in total. The SMILES string of the molecule is Cc1ccc(F)cc1NC=C(C#N)c1nc(-c2ccc(Cl)cc2)cs1. The molecule has 1 aromatic heterocycles. The number of nitrogens with zero attached hydrogens (tertiary/aromatic N) is 2. The van der Waals surface area contributed by atoms with Gasteiger partial charge in [0.25, 0.3) is 0 Å². The van der Waals surface area contributed by atoms with Crippen molar-refractivity contribution in [3.8, 4) is 17.3 Å². The molecular formula is C19H13ClFN3S. The molecule has 124 valence electrons. The van der Waals surface area contributed by atoms with E-state index in [1.54, 1.807) is 24.4 Å². The molecule has 0 unspecified atom stereocenters. The minimum absolute atomic E-state index is 0.334. The van der Waals surface area contributed by atoms with Crippen molar-refractivity contribution in [1.29, 1.82) is 5.26 Å². The Morgan fingerprint density at radius 2 is 2.04 bits per heavy atom. The van der Waals surface area contributed by atoms with Gasteiger partial charge in [0.05, 0.1) is 5.69 Å². The van der Waals surface area contributed by atoms with Gasteiger partial charge in [-0.05, 0) is 36.8 Å². The van der Waals surface area contributed by atoms with E-state index in [0.29, 0.717) is 21.3 Å². The monoisotopic (exact) mass is 369 g/mol. The van der Waals surface area contributed by atoms with Crippen LogP contribution < -0.4 is 5.32 Å². The van der Waals surface area contributed by atoms with Gasteiger partial charge in [0.2, 0.25) is 0 Å². The second kappa shape index (κ2) is 7.47. The van der Waals surface area contributed by atoms with Gasteiger partial charge < -0.3 is 5.32 Å². The summed E-state index contributed by atoms with van der Waals surface area (Å²) >= 11 is 7.27. The lowest BCUT2D eigenvalue weighted by Gasteiger charge is -2.05. The number of aryl methyl sites for hydroxylation is 1. The topological polar surface area (TPSA) is 48.7 Å².